The zero-order valence-corrected chi connectivity index (χ0v) is 15.1. The van der Waals surface area contributed by atoms with E-state index in [9.17, 15) is 4.79 Å². The van der Waals surface area contributed by atoms with Gasteiger partial charge in [-0.2, -0.15) is 4.98 Å². The molecule has 3 N–H and O–H groups in total. The highest BCUT2D eigenvalue weighted by atomic mass is 35.5. The molecule has 3 rings (SSSR count). The molecule has 1 atom stereocenters. The number of amides is 1. The van der Waals surface area contributed by atoms with Gasteiger partial charge in [0.15, 0.2) is 5.82 Å². The first-order valence-electron chi connectivity index (χ1n) is 7.47. The van der Waals surface area contributed by atoms with E-state index in [0.29, 0.717) is 30.4 Å². The number of hydrogen-bond donors (Lipinski definition) is 2. The van der Waals surface area contributed by atoms with Crippen molar-refractivity contribution in [2.24, 2.45) is 5.73 Å². The average molecular weight is 380 g/mol. The fourth-order valence-electron chi connectivity index (χ4n) is 2.13. The molecule has 1 unspecified atom stereocenters. The Morgan fingerprint density at radius 3 is 2.76 bits per heavy atom. The van der Waals surface area contributed by atoms with Crippen LogP contribution in [0, 0.1) is 0 Å². The van der Waals surface area contributed by atoms with Gasteiger partial charge in [0.05, 0.1) is 12.5 Å². The third-order valence-electron chi connectivity index (χ3n) is 3.38. The molecule has 0 radical (unpaired) electrons. The van der Waals surface area contributed by atoms with Gasteiger partial charge in [0.25, 0.3) is 5.91 Å². The maximum atomic E-state index is 12.2. The van der Waals surface area contributed by atoms with Crippen LogP contribution in [0.15, 0.2) is 40.2 Å². The monoisotopic (exact) mass is 379 g/mol. The lowest BCUT2D eigenvalue weighted by Gasteiger charge is -2.08. The van der Waals surface area contributed by atoms with Gasteiger partial charge in [-0.3, -0.25) is 4.79 Å². The Balaban J connectivity index is 0.00000225. The molecule has 0 saturated heterocycles. The maximum absolute atomic E-state index is 12.2. The van der Waals surface area contributed by atoms with Gasteiger partial charge in [-0.05, 0) is 12.5 Å². The second-order valence-electron chi connectivity index (χ2n) is 5.23. The van der Waals surface area contributed by atoms with Gasteiger partial charge < -0.3 is 15.6 Å². The molecular formula is C16H18ClN5O2S. The number of carbonyl (C=O) groups is 1. The van der Waals surface area contributed by atoms with Crippen molar-refractivity contribution in [1.29, 1.82) is 0 Å². The SMILES string of the molecule is CC(NC(=O)c1csc(CN)n1)c1noc(Cc2ccccc2)n1.Cl. The molecular weight excluding hydrogens is 362 g/mol. The second-order valence-corrected chi connectivity index (χ2v) is 6.18. The minimum Gasteiger partial charge on any atom is -0.341 e. The summed E-state index contributed by atoms with van der Waals surface area (Å²) in [5.41, 5.74) is 6.94. The van der Waals surface area contributed by atoms with Crippen LogP contribution in [0.5, 0.6) is 0 Å². The zero-order valence-electron chi connectivity index (χ0n) is 13.5. The van der Waals surface area contributed by atoms with Crippen LogP contribution >= 0.6 is 23.7 Å². The Hall–Kier alpha value is -2.29. The Morgan fingerprint density at radius 2 is 2.08 bits per heavy atom. The standard InChI is InChI=1S/C16H17N5O2S.ClH/c1-10(18-16(22)12-9-24-14(8-17)19-12)15-20-13(23-21-15)7-11-5-3-2-4-6-11;/h2-6,9-10H,7-8,17H2,1H3,(H,18,22);1H. The first-order valence-corrected chi connectivity index (χ1v) is 8.35. The van der Waals surface area contributed by atoms with Crippen LogP contribution < -0.4 is 11.1 Å². The highest BCUT2D eigenvalue weighted by molar-refractivity contribution is 7.09. The number of halogens is 1. The molecule has 9 heteroatoms. The first kappa shape index (κ1) is 19.0. The van der Waals surface area contributed by atoms with E-state index in [2.05, 4.69) is 20.4 Å². The minimum absolute atomic E-state index is 0. The molecule has 2 heterocycles. The minimum atomic E-state index is -0.381. The van der Waals surface area contributed by atoms with Crippen LogP contribution in [0.1, 0.15) is 45.7 Å². The zero-order chi connectivity index (χ0) is 16.9. The van der Waals surface area contributed by atoms with E-state index in [1.807, 2.05) is 30.3 Å². The van der Waals surface area contributed by atoms with E-state index in [0.717, 1.165) is 10.6 Å². The summed E-state index contributed by atoms with van der Waals surface area (Å²) in [5.74, 6) is 0.660. The molecule has 0 saturated carbocycles. The summed E-state index contributed by atoms with van der Waals surface area (Å²) in [7, 11) is 0. The van der Waals surface area contributed by atoms with Gasteiger partial charge in [0, 0.05) is 11.9 Å². The Bertz CT molecular complexity index is 821. The summed E-state index contributed by atoms with van der Waals surface area (Å²) >= 11 is 1.36. The molecule has 3 aromatic rings. The van der Waals surface area contributed by atoms with Crippen LogP contribution in [0.2, 0.25) is 0 Å². The lowest BCUT2D eigenvalue weighted by molar-refractivity contribution is 0.0933. The van der Waals surface area contributed by atoms with Gasteiger partial charge in [-0.1, -0.05) is 35.5 Å². The molecule has 1 aromatic carbocycles. The quantitative estimate of drug-likeness (QED) is 0.681. The lowest BCUT2D eigenvalue weighted by Crippen LogP contribution is -2.27. The van der Waals surface area contributed by atoms with E-state index in [-0.39, 0.29) is 24.4 Å². The van der Waals surface area contributed by atoms with Crippen molar-refractivity contribution in [3.8, 4) is 0 Å². The predicted octanol–water partition coefficient (Wildman–Crippen LogP) is 2.49. The number of nitrogens with one attached hydrogen (secondary N) is 1. The topological polar surface area (TPSA) is 107 Å². The average Bonchev–Trinajstić information content (AvgIpc) is 3.25. The number of nitrogens with zero attached hydrogens (tertiary/aromatic N) is 3. The second kappa shape index (κ2) is 8.70. The number of hydrogen-bond acceptors (Lipinski definition) is 7. The van der Waals surface area contributed by atoms with E-state index in [1.54, 1.807) is 12.3 Å². The molecule has 25 heavy (non-hydrogen) atoms. The molecule has 0 aliphatic heterocycles. The third kappa shape index (κ3) is 4.85. The number of nitrogens with two attached hydrogens (primary N) is 1. The smallest absolute Gasteiger partial charge is 0.271 e. The summed E-state index contributed by atoms with van der Waals surface area (Å²) in [5, 5.41) is 9.15. The van der Waals surface area contributed by atoms with Gasteiger partial charge in [0.2, 0.25) is 5.89 Å². The van der Waals surface area contributed by atoms with Crippen molar-refractivity contribution in [2.45, 2.75) is 25.9 Å². The Kier molecular flexibility index (Phi) is 6.63. The van der Waals surface area contributed by atoms with Crippen molar-refractivity contribution in [1.82, 2.24) is 20.4 Å². The number of benzene rings is 1. The molecule has 0 bridgehead atoms. The maximum Gasteiger partial charge on any atom is 0.271 e. The molecule has 132 valence electrons. The van der Waals surface area contributed by atoms with Gasteiger partial charge >= 0.3 is 0 Å². The number of aromatic nitrogens is 3. The summed E-state index contributed by atoms with van der Waals surface area (Å²) in [6.07, 6.45) is 0.556. The summed E-state index contributed by atoms with van der Waals surface area (Å²) in [6.45, 7) is 2.12. The van der Waals surface area contributed by atoms with Crippen LogP contribution in [0.25, 0.3) is 0 Å². The number of carbonyl (C=O) groups excluding carboxylic acids is 1. The van der Waals surface area contributed by atoms with E-state index in [1.165, 1.54) is 11.3 Å². The molecule has 0 fully saturated rings. The van der Waals surface area contributed by atoms with Gasteiger partial charge in [-0.25, -0.2) is 4.98 Å². The van der Waals surface area contributed by atoms with Crippen LogP contribution in [-0.4, -0.2) is 21.0 Å². The lowest BCUT2D eigenvalue weighted by atomic mass is 10.1. The van der Waals surface area contributed by atoms with E-state index < -0.39 is 0 Å². The number of rotatable bonds is 6. The largest absolute Gasteiger partial charge is 0.341 e. The van der Waals surface area contributed by atoms with Gasteiger partial charge in [-0.15, -0.1) is 23.7 Å². The summed E-state index contributed by atoms with van der Waals surface area (Å²) < 4.78 is 5.26. The van der Waals surface area contributed by atoms with Crippen molar-refractivity contribution in [3.05, 3.63) is 63.7 Å². The molecule has 0 aliphatic rings. The van der Waals surface area contributed by atoms with E-state index in [4.69, 9.17) is 10.3 Å². The predicted molar refractivity (Wildman–Crippen MR) is 96.7 cm³/mol. The molecule has 2 aromatic heterocycles. The van der Waals surface area contributed by atoms with Gasteiger partial charge in [0.1, 0.15) is 10.7 Å². The van der Waals surface area contributed by atoms with Crippen LogP contribution in [0.3, 0.4) is 0 Å². The van der Waals surface area contributed by atoms with Crippen molar-refractivity contribution in [3.63, 3.8) is 0 Å². The summed E-state index contributed by atoms with van der Waals surface area (Å²) in [6, 6.07) is 9.47. The van der Waals surface area contributed by atoms with Crippen LogP contribution in [0.4, 0.5) is 0 Å². The normalized spacial score (nSPS) is 11.6. The molecule has 1 amide bonds. The Morgan fingerprint density at radius 1 is 1.32 bits per heavy atom. The van der Waals surface area contributed by atoms with Crippen LogP contribution in [-0.2, 0) is 13.0 Å². The number of thiazole rings is 1. The van der Waals surface area contributed by atoms with E-state index >= 15 is 0 Å². The highest BCUT2D eigenvalue weighted by Crippen LogP contribution is 2.14. The highest BCUT2D eigenvalue weighted by Gasteiger charge is 2.18. The fraction of sp³-hybridized carbons (Fsp3) is 0.250. The first-order chi connectivity index (χ1) is 11.7. The fourth-order valence-corrected chi connectivity index (χ4v) is 2.78. The molecule has 0 spiro atoms. The van der Waals surface area contributed by atoms with Crippen molar-refractivity contribution in [2.75, 3.05) is 0 Å². The summed E-state index contributed by atoms with van der Waals surface area (Å²) in [4.78, 5) is 20.7. The van der Waals surface area contributed by atoms with Crippen molar-refractivity contribution < 1.29 is 9.32 Å². The third-order valence-corrected chi connectivity index (χ3v) is 4.25. The van der Waals surface area contributed by atoms with Crippen molar-refractivity contribution >= 4 is 29.7 Å². The molecule has 0 aliphatic carbocycles. The molecule has 7 nitrogen and oxygen atoms in total. The Labute approximate surface area is 155 Å².